The third-order valence-electron chi connectivity index (χ3n) is 4.40. The summed E-state index contributed by atoms with van der Waals surface area (Å²) in [4.78, 5) is 12.2. The van der Waals surface area contributed by atoms with Crippen molar-refractivity contribution >= 4 is 65.8 Å². The minimum absolute atomic E-state index is 0.0403. The van der Waals surface area contributed by atoms with Crippen LogP contribution in [0.2, 0.25) is 0 Å². The number of sulfonamides is 2. The first-order valence-corrected chi connectivity index (χ1v) is 13.5. The van der Waals surface area contributed by atoms with Gasteiger partial charge in [-0.2, -0.15) is 3.71 Å². The fourth-order valence-corrected chi connectivity index (χ4v) is 7.72. The Morgan fingerprint density at radius 2 is 1.63 bits per heavy atom. The van der Waals surface area contributed by atoms with E-state index in [9.17, 15) is 21.6 Å². The first kappa shape index (κ1) is 24.8. The second kappa shape index (κ2) is 10.2. The SMILES string of the molecule is CCn1ccc2c(N(S(=O)(=O)CCCCl)S(=O)(=O)CCCCl)cc(C(=O)OC)cc21. The number of aromatic nitrogens is 1. The van der Waals surface area contributed by atoms with E-state index in [-0.39, 0.29) is 35.9 Å². The molecule has 0 aliphatic rings. The largest absolute Gasteiger partial charge is 0.465 e. The lowest BCUT2D eigenvalue weighted by Crippen LogP contribution is -2.40. The maximum Gasteiger partial charge on any atom is 0.338 e. The van der Waals surface area contributed by atoms with Crippen LogP contribution in [0.25, 0.3) is 10.9 Å². The molecule has 12 heteroatoms. The predicted octanol–water partition coefficient (Wildman–Crippen LogP) is 3.17. The fourth-order valence-electron chi connectivity index (χ4n) is 3.05. The van der Waals surface area contributed by atoms with Gasteiger partial charge in [-0.05, 0) is 38.0 Å². The van der Waals surface area contributed by atoms with E-state index in [4.69, 9.17) is 27.9 Å². The van der Waals surface area contributed by atoms with Gasteiger partial charge in [0.2, 0.25) is 20.0 Å². The smallest absolute Gasteiger partial charge is 0.338 e. The van der Waals surface area contributed by atoms with Gasteiger partial charge >= 0.3 is 5.97 Å². The minimum atomic E-state index is -4.31. The highest BCUT2D eigenvalue weighted by atomic mass is 35.5. The second-order valence-corrected chi connectivity index (χ2v) is 11.3. The summed E-state index contributed by atoms with van der Waals surface area (Å²) in [7, 11) is -7.42. The number of benzene rings is 1. The number of esters is 1. The first-order chi connectivity index (χ1) is 14.1. The topological polar surface area (TPSA) is 103 Å². The van der Waals surface area contributed by atoms with Gasteiger partial charge in [-0.1, -0.05) is 0 Å². The lowest BCUT2D eigenvalue weighted by Gasteiger charge is -2.25. The standard InChI is InChI=1S/C18H24Cl2N2O6S2/c1-3-21-9-6-15-16(21)12-14(18(23)28-2)13-17(15)22(29(24,25)10-4-7-19)30(26,27)11-5-8-20/h6,9,12-13H,3-5,7-8,10-11H2,1-2H3. The maximum absolute atomic E-state index is 13.1. The van der Waals surface area contributed by atoms with Crippen molar-refractivity contribution in [3.63, 3.8) is 0 Å². The number of hydrogen-bond donors (Lipinski definition) is 0. The molecule has 0 aliphatic heterocycles. The Kier molecular flexibility index (Phi) is 8.43. The van der Waals surface area contributed by atoms with Crippen molar-refractivity contribution in [3.05, 3.63) is 30.0 Å². The molecule has 2 aromatic rings. The van der Waals surface area contributed by atoms with Gasteiger partial charge in [0.15, 0.2) is 0 Å². The molecule has 1 aromatic heterocycles. The summed E-state index contributed by atoms with van der Waals surface area (Å²) in [5.41, 5.74) is 0.434. The van der Waals surface area contributed by atoms with E-state index < -0.39 is 37.5 Å². The van der Waals surface area contributed by atoms with Crippen molar-refractivity contribution < 1.29 is 26.4 Å². The molecule has 0 radical (unpaired) electrons. The van der Waals surface area contributed by atoms with Gasteiger partial charge in [-0.3, -0.25) is 0 Å². The minimum Gasteiger partial charge on any atom is -0.465 e. The van der Waals surface area contributed by atoms with Crippen LogP contribution in [0.4, 0.5) is 5.69 Å². The van der Waals surface area contributed by atoms with Crippen molar-refractivity contribution in [2.45, 2.75) is 26.3 Å². The molecule has 0 atom stereocenters. The third kappa shape index (κ3) is 5.22. The number of anilines is 1. The molecule has 0 saturated heterocycles. The van der Waals surface area contributed by atoms with Crippen LogP contribution in [0.3, 0.4) is 0 Å². The van der Waals surface area contributed by atoms with Crippen LogP contribution in [-0.4, -0.2) is 57.7 Å². The number of carbonyl (C=O) groups excluding carboxylic acids is 1. The lowest BCUT2D eigenvalue weighted by molar-refractivity contribution is 0.0601. The van der Waals surface area contributed by atoms with Crippen LogP contribution < -0.4 is 3.71 Å². The summed E-state index contributed by atoms with van der Waals surface area (Å²) < 4.78 is 59.4. The Hall–Kier alpha value is -1.49. The fraction of sp³-hybridized carbons (Fsp3) is 0.500. The van der Waals surface area contributed by atoms with Crippen LogP contribution in [0.15, 0.2) is 24.4 Å². The number of fused-ring (bicyclic) bond motifs is 1. The van der Waals surface area contributed by atoms with E-state index in [1.54, 1.807) is 22.9 Å². The van der Waals surface area contributed by atoms with Gasteiger partial charge < -0.3 is 9.30 Å². The van der Waals surface area contributed by atoms with Crippen molar-refractivity contribution in [2.75, 3.05) is 34.1 Å². The number of methoxy groups -OCH3 is 1. The molecular formula is C18H24Cl2N2O6S2. The summed E-state index contributed by atoms with van der Waals surface area (Å²) >= 11 is 11.3. The molecule has 0 bridgehead atoms. The van der Waals surface area contributed by atoms with E-state index in [2.05, 4.69) is 0 Å². The van der Waals surface area contributed by atoms with Gasteiger partial charge in [-0.15, -0.1) is 23.2 Å². The quantitative estimate of drug-likeness (QED) is 0.348. The Bertz CT molecular complexity index is 1080. The highest BCUT2D eigenvalue weighted by Crippen LogP contribution is 2.34. The molecule has 30 heavy (non-hydrogen) atoms. The summed E-state index contributed by atoms with van der Waals surface area (Å²) in [5.74, 6) is -1.53. The molecule has 168 valence electrons. The molecule has 0 unspecified atom stereocenters. The molecule has 0 N–H and O–H groups in total. The van der Waals surface area contributed by atoms with E-state index in [1.165, 1.54) is 13.2 Å². The average molecular weight is 499 g/mol. The Morgan fingerprint density at radius 3 is 2.10 bits per heavy atom. The third-order valence-corrected chi connectivity index (χ3v) is 9.31. The molecule has 8 nitrogen and oxygen atoms in total. The molecule has 0 saturated carbocycles. The molecular weight excluding hydrogens is 475 g/mol. The van der Waals surface area contributed by atoms with Crippen LogP contribution in [0.5, 0.6) is 0 Å². The predicted molar refractivity (Wildman–Crippen MR) is 120 cm³/mol. The lowest BCUT2D eigenvalue weighted by atomic mass is 10.1. The van der Waals surface area contributed by atoms with Crippen molar-refractivity contribution in [1.29, 1.82) is 0 Å². The molecule has 0 aliphatic carbocycles. The summed E-state index contributed by atoms with van der Waals surface area (Å²) in [6.45, 7) is 2.40. The van der Waals surface area contributed by atoms with E-state index >= 15 is 0 Å². The van der Waals surface area contributed by atoms with Gasteiger partial charge in [0.05, 0.1) is 35.4 Å². The normalized spacial score (nSPS) is 12.3. The molecule has 0 amide bonds. The maximum atomic E-state index is 13.1. The Labute approximate surface area is 186 Å². The number of aryl methyl sites for hydroxylation is 1. The highest BCUT2D eigenvalue weighted by Gasteiger charge is 2.35. The van der Waals surface area contributed by atoms with Crippen molar-refractivity contribution in [3.8, 4) is 0 Å². The summed E-state index contributed by atoms with van der Waals surface area (Å²) in [6, 6.07) is 4.39. The Balaban J connectivity index is 2.85. The summed E-state index contributed by atoms with van der Waals surface area (Å²) in [6.07, 6.45) is 1.84. The number of ether oxygens (including phenoxy) is 1. The number of nitrogens with zero attached hydrogens (tertiary/aromatic N) is 2. The van der Waals surface area contributed by atoms with Gasteiger partial charge in [-0.25, -0.2) is 21.6 Å². The van der Waals surface area contributed by atoms with Gasteiger partial charge in [0.25, 0.3) is 0 Å². The van der Waals surface area contributed by atoms with Gasteiger partial charge in [0.1, 0.15) is 0 Å². The van der Waals surface area contributed by atoms with Crippen LogP contribution >= 0.6 is 23.2 Å². The number of rotatable bonds is 11. The van der Waals surface area contributed by atoms with Crippen molar-refractivity contribution in [2.24, 2.45) is 0 Å². The number of alkyl halides is 2. The molecule has 1 heterocycles. The van der Waals surface area contributed by atoms with Crippen LogP contribution in [-0.2, 0) is 31.3 Å². The second-order valence-electron chi connectivity index (χ2n) is 6.44. The van der Waals surface area contributed by atoms with Crippen LogP contribution in [0, 0.1) is 0 Å². The average Bonchev–Trinajstić information content (AvgIpc) is 3.13. The molecule has 2 rings (SSSR count). The number of halogens is 2. The zero-order valence-corrected chi connectivity index (χ0v) is 19.8. The molecule has 1 aromatic carbocycles. The number of carbonyl (C=O) groups is 1. The van der Waals surface area contributed by atoms with Crippen molar-refractivity contribution in [1.82, 2.24) is 4.57 Å². The van der Waals surface area contributed by atoms with E-state index in [0.29, 0.717) is 21.2 Å². The highest BCUT2D eigenvalue weighted by molar-refractivity contribution is 8.10. The van der Waals surface area contributed by atoms with Crippen LogP contribution in [0.1, 0.15) is 30.1 Å². The first-order valence-electron chi connectivity index (χ1n) is 9.22. The summed E-state index contributed by atoms with van der Waals surface area (Å²) in [5, 5.41) is 0.383. The monoisotopic (exact) mass is 498 g/mol. The molecule has 0 fully saturated rings. The zero-order chi connectivity index (χ0) is 22.5. The Morgan fingerprint density at radius 1 is 1.07 bits per heavy atom. The zero-order valence-electron chi connectivity index (χ0n) is 16.7. The molecule has 0 spiro atoms. The van der Waals surface area contributed by atoms with E-state index in [1.807, 2.05) is 6.92 Å². The van der Waals surface area contributed by atoms with Gasteiger partial charge in [0, 0.05) is 29.9 Å². The number of hydrogen-bond acceptors (Lipinski definition) is 6. The van der Waals surface area contributed by atoms with E-state index in [0.717, 1.165) is 0 Å².